The quantitative estimate of drug-likeness (QED) is 0.465. The molecule has 1 rings (SSSR count). The van der Waals surface area contributed by atoms with Gasteiger partial charge in [0.2, 0.25) is 0 Å². The first-order valence-corrected chi connectivity index (χ1v) is 2.97. The molecule has 64 valence electrons. The summed E-state index contributed by atoms with van der Waals surface area (Å²) in [5.74, 6) is 5.20. The van der Waals surface area contributed by atoms with Gasteiger partial charge in [-0.3, -0.25) is 11.3 Å². The van der Waals surface area contributed by atoms with Gasteiger partial charge in [-0.1, -0.05) is 0 Å². The topological polar surface area (TPSA) is 47.3 Å². The summed E-state index contributed by atoms with van der Waals surface area (Å²) in [5.41, 5.74) is 2.72. The highest BCUT2D eigenvalue weighted by molar-refractivity contribution is 5.85. The first-order valence-electron chi connectivity index (χ1n) is 2.97. The molecule has 3 N–H and O–H groups in total. The molecule has 0 aromatic heterocycles. The van der Waals surface area contributed by atoms with E-state index in [9.17, 15) is 0 Å². The molecule has 0 saturated carbocycles. The van der Waals surface area contributed by atoms with Crippen LogP contribution in [0.15, 0.2) is 0 Å². The number of ether oxygens (including phenoxy) is 1. The van der Waals surface area contributed by atoms with Gasteiger partial charge in [0.1, 0.15) is 0 Å². The summed E-state index contributed by atoms with van der Waals surface area (Å²) in [6, 6.07) is 0.490. The van der Waals surface area contributed by atoms with E-state index < -0.39 is 0 Å². The molecule has 0 aromatic rings. The van der Waals surface area contributed by atoms with Crippen LogP contribution in [0, 0.1) is 0 Å². The Hall–Kier alpha value is 0.460. The molecule has 0 atom stereocenters. The largest absolute Gasteiger partial charge is 0.381 e. The van der Waals surface area contributed by atoms with Gasteiger partial charge < -0.3 is 4.74 Å². The van der Waals surface area contributed by atoms with Crippen LogP contribution in [0.4, 0.5) is 0 Å². The van der Waals surface area contributed by atoms with Crippen LogP contribution in [0.25, 0.3) is 0 Å². The van der Waals surface area contributed by atoms with Crippen LogP contribution in [-0.2, 0) is 4.74 Å². The summed E-state index contributed by atoms with van der Waals surface area (Å²) in [6.45, 7) is 1.71. The number of hydrogen-bond acceptors (Lipinski definition) is 3. The van der Waals surface area contributed by atoms with E-state index in [4.69, 9.17) is 10.6 Å². The zero-order chi connectivity index (χ0) is 5.82. The molecule has 1 heterocycles. The Labute approximate surface area is 73.5 Å². The second-order valence-electron chi connectivity index (χ2n) is 2.05. The molecule has 0 aromatic carbocycles. The number of hydrogen-bond donors (Lipinski definition) is 2. The van der Waals surface area contributed by atoms with Crippen molar-refractivity contribution in [2.75, 3.05) is 13.2 Å². The van der Waals surface area contributed by atoms with Crippen molar-refractivity contribution in [1.82, 2.24) is 5.43 Å². The van der Waals surface area contributed by atoms with Crippen LogP contribution in [0.3, 0.4) is 0 Å². The predicted molar refractivity (Wildman–Crippen MR) is 45.7 cm³/mol. The van der Waals surface area contributed by atoms with E-state index in [0.717, 1.165) is 26.1 Å². The van der Waals surface area contributed by atoms with E-state index in [2.05, 4.69) is 5.43 Å². The Bertz CT molecular complexity index is 68.7. The first-order chi connectivity index (χ1) is 3.93. The first kappa shape index (κ1) is 13.1. The maximum atomic E-state index is 5.20. The fourth-order valence-electron chi connectivity index (χ4n) is 0.864. The third-order valence-electron chi connectivity index (χ3n) is 1.46. The lowest BCUT2D eigenvalue weighted by Crippen LogP contribution is -2.39. The standard InChI is InChI=1S/C5H12N2O.2ClH/c6-7-5-1-3-8-4-2-5;;/h5,7H,1-4,6H2;2*1H. The highest BCUT2D eigenvalue weighted by Gasteiger charge is 2.10. The van der Waals surface area contributed by atoms with Crippen LogP contribution in [0.5, 0.6) is 0 Å². The third kappa shape index (κ3) is 4.30. The third-order valence-corrected chi connectivity index (χ3v) is 1.46. The lowest BCUT2D eigenvalue weighted by molar-refractivity contribution is 0.0781. The van der Waals surface area contributed by atoms with E-state index in [0.29, 0.717) is 6.04 Å². The van der Waals surface area contributed by atoms with Gasteiger partial charge in [0.25, 0.3) is 0 Å². The average molecular weight is 189 g/mol. The van der Waals surface area contributed by atoms with Crippen LogP contribution in [0.1, 0.15) is 12.8 Å². The molecule has 0 bridgehead atoms. The molecular weight excluding hydrogens is 175 g/mol. The lowest BCUT2D eigenvalue weighted by Gasteiger charge is -2.20. The average Bonchev–Trinajstić information content (AvgIpc) is 1.90. The van der Waals surface area contributed by atoms with Crippen molar-refractivity contribution in [1.29, 1.82) is 0 Å². The van der Waals surface area contributed by atoms with Crippen molar-refractivity contribution in [3.05, 3.63) is 0 Å². The molecule has 1 aliphatic rings. The van der Waals surface area contributed by atoms with Gasteiger partial charge in [0.15, 0.2) is 0 Å². The minimum Gasteiger partial charge on any atom is -0.381 e. The van der Waals surface area contributed by atoms with Crippen molar-refractivity contribution < 1.29 is 4.74 Å². The summed E-state index contributed by atoms with van der Waals surface area (Å²) >= 11 is 0. The van der Waals surface area contributed by atoms with Gasteiger partial charge in [-0.05, 0) is 12.8 Å². The van der Waals surface area contributed by atoms with Crippen LogP contribution in [-0.4, -0.2) is 19.3 Å². The SMILES string of the molecule is Cl.Cl.NNC1CCOCC1. The van der Waals surface area contributed by atoms with Crippen molar-refractivity contribution >= 4 is 24.8 Å². The van der Waals surface area contributed by atoms with Gasteiger partial charge in [0, 0.05) is 19.3 Å². The second-order valence-corrected chi connectivity index (χ2v) is 2.05. The fourth-order valence-corrected chi connectivity index (χ4v) is 0.864. The van der Waals surface area contributed by atoms with Crippen LogP contribution in [0.2, 0.25) is 0 Å². The number of rotatable bonds is 1. The van der Waals surface area contributed by atoms with Crippen LogP contribution < -0.4 is 11.3 Å². The fraction of sp³-hybridized carbons (Fsp3) is 1.00. The maximum absolute atomic E-state index is 5.20. The highest BCUT2D eigenvalue weighted by Crippen LogP contribution is 2.03. The Morgan fingerprint density at radius 3 is 2.00 bits per heavy atom. The monoisotopic (exact) mass is 188 g/mol. The Balaban J connectivity index is 0. The lowest BCUT2D eigenvalue weighted by atomic mass is 10.1. The molecule has 5 heteroatoms. The Morgan fingerprint density at radius 1 is 1.20 bits per heavy atom. The van der Waals surface area contributed by atoms with Gasteiger partial charge in [-0.25, -0.2) is 0 Å². The number of hydrazine groups is 1. The summed E-state index contributed by atoms with van der Waals surface area (Å²) in [6.07, 6.45) is 2.10. The summed E-state index contributed by atoms with van der Waals surface area (Å²) < 4.78 is 5.11. The predicted octanol–water partition coefficient (Wildman–Crippen LogP) is 0.472. The number of nitrogens with one attached hydrogen (secondary N) is 1. The zero-order valence-electron chi connectivity index (χ0n) is 5.71. The molecule has 10 heavy (non-hydrogen) atoms. The van der Waals surface area contributed by atoms with Gasteiger partial charge in [-0.15, -0.1) is 24.8 Å². The Morgan fingerprint density at radius 2 is 1.70 bits per heavy atom. The summed E-state index contributed by atoms with van der Waals surface area (Å²) in [7, 11) is 0. The highest BCUT2D eigenvalue weighted by atomic mass is 35.5. The zero-order valence-corrected chi connectivity index (χ0v) is 7.34. The second kappa shape index (κ2) is 7.57. The van der Waals surface area contributed by atoms with E-state index in [1.165, 1.54) is 0 Å². The van der Waals surface area contributed by atoms with Gasteiger partial charge >= 0.3 is 0 Å². The minimum absolute atomic E-state index is 0. The van der Waals surface area contributed by atoms with E-state index in [1.807, 2.05) is 0 Å². The molecule has 1 fully saturated rings. The van der Waals surface area contributed by atoms with E-state index in [1.54, 1.807) is 0 Å². The molecular formula is C5H14Cl2N2O. The van der Waals surface area contributed by atoms with Gasteiger partial charge in [-0.2, -0.15) is 0 Å². The van der Waals surface area contributed by atoms with E-state index in [-0.39, 0.29) is 24.8 Å². The molecule has 0 spiro atoms. The smallest absolute Gasteiger partial charge is 0.0481 e. The van der Waals surface area contributed by atoms with Crippen molar-refractivity contribution in [3.63, 3.8) is 0 Å². The van der Waals surface area contributed by atoms with Crippen molar-refractivity contribution in [2.24, 2.45) is 5.84 Å². The maximum Gasteiger partial charge on any atom is 0.0481 e. The Kier molecular flexibility index (Phi) is 9.90. The van der Waals surface area contributed by atoms with Gasteiger partial charge in [0.05, 0.1) is 0 Å². The molecule has 3 nitrogen and oxygen atoms in total. The molecule has 0 unspecified atom stereocenters. The minimum atomic E-state index is 0. The summed E-state index contributed by atoms with van der Waals surface area (Å²) in [4.78, 5) is 0. The molecule has 1 aliphatic heterocycles. The molecule has 1 saturated heterocycles. The van der Waals surface area contributed by atoms with E-state index >= 15 is 0 Å². The van der Waals surface area contributed by atoms with Crippen LogP contribution >= 0.6 is 24.8 Å². The molecule has 0 aliphatic carbocycles. The number of nitrogens with two attached hydrogens (primary N) is 1. The summed E-state index contributed by atoms with van der Waals surface area (Å²) in [5, 5.41) is 0. The number of halogens is 2. The van der Waals surface area contributed by atoms with Crippen molar-refractivity contribution in [3.8, 4) is 0 Å². The normalized spacial score (nSPS) is 18.9. The molecule has 0 amide bonds. The van der Waals surface area contributed by atoms with Crippen molar-refractivity contribution in [2.45, 2.75) is 18.9 Å². The molecule has 0 radical (unpaired) electrons.